The molecular formula is C14H21N3O2. The molecule has 4 N–H and O–H groups in total. The van der Waals surface area contributed by atoms with Crippen molar-refractivity contribution in [3.05, 3.63) is 23.8 Å². The first-order valence-electron chi connectivity index (χ1n) is 6.68. The van der Waals surface area contributed by atoms with Crippen LogP contribution in [-0.4, -0.2) is 41.7 Å². The second-order valence-corrected chi connectivity index (χ2v) is 5.08. The molecule has 1 saturated heterocycles. The molecule has 1 aromatic carbocycles. The molecule has 1 aliphatic rings. The Bertz CT molecular complexity index is 456. The Morgan fingerprint density at radius 2 is 2.16 bits per heavy atom. The number of aromatic carboxylic acids is 1. The molecule has 5 heteroatoms. The van der Waals surface area contributed by atoms with Crippen molar-refractivity contribution in [3.63, 3.8) is 0 Å². The van der Waals surface area contributed by atoms with E-state index in [9.17, 15) is 4.79 Å². The molecule has 0 amide bonds. The van der Waals surface area contributed by atoms with Crippen molar-refractivity contribution < 1.29 is 9.90 Å². The maximum absolute atomic E-state index is 11.1. The van der Waals surface area contributed by atoms with E-state index in [2.05, 4.69) is 17.1 Å². The fourth-order valence-corrected chi connectivity index (χ4v) is 2.46. The third kappa shape index (κ3) is 3.38. The normalized spacial score (nSPS) is 17.3. The predicted octanol–water partition coefficient (Wildman–Crippen LogP) is 1.86. The smallest absolute Gasteiger partial charge is 0.337 e. The summed E-state index contributed by atoms with van der Waals surface area (Å²) >= 11 is 0. The van der Waals surface area contributed by atoms with E-state index in [0.717, 1.165) is 19.6 Å². The van der Waals surface area contributed by atoms with Gasteiger partial charge in [0, 0.05) is 18.3 Å². The summed E-state index contributed by atoms with van der Waals surface area (Å²) in [5, 5.41) is 12.4. The Morgan fingerprint density at radius 1 is 1.47 bits per heavy atom. The summed E-state index contributed by atoms with van der Waals surface area (Å²) in [6.07, 6.45) is 2.51. The van der Waals surface area contributed by atoms with Gasteiger partial charge in [-0.15, -0.1) is 0 Å². The zero-order valence-electron chi connectivity index (χ0n) is 11.2. The third-order valence-corrected chi connectivity index (χ3v) is 3.63. The molecule has 1 atom stereocenters. The molecule has 0 aliphatic carbocycles. The summed E-state index contributed by atoms with van der Waals surface area (Å²) in [5.74, 6) is -0.934. The van der Waals surface area contributed by atoms with Crippen LogP contribution in [0.1, 0.15) is 30.1 Å². The van der Waals surface area contributed by atoms with E-state index in [1.54, 1.807) is 18.2 Å². The van der Waals surface area contributed by atoms with E-state index in [1.165, 1.54) is 12.8 Å². The van der Waals surface area contributed by atoms with Crippen LogP contribution in [0.3, 0.4) is 0 Å². The number of hydrogen-bond acceptors (Lipinski definition) is 4. The highest BCUT2D eigenvalue weighted by atomic mass is 16.4. The average Bonchev–Trinajstić information content (AvgIpc) is 2.89. The van der Waals surface area contributed by atoms with Gasteiger partial charge < -0.3 is 16.2 Å². The van der Waals surface area contributed by atoms with Crippen LogP contribution in [-0.2, 0) is 0 Å². The number of carbonyl (C=O) groups is 1. The molecular weight excluding hydrogens is 242 g/mol. The predicted molar refractivity (Wildman–Crippen MR) is 76.6 cm³/mol. The van der Waals surface area contributed by atoms with Crippen LogP contribution in [0.25, 0.3) is 0 Å². The van der Waals surface area contributed by atoms with Gasteiger partial charge in [0.2, 0.25) is 0 Å². The quantitative estimate of drug-likeness (QED) is 0.707. The summed E-state index contributed by atoms with van der Waals surface area (Å²) in [4.78, 5) is 13.6. The SMILES string of the molecule is CC(CNc1cc(N)ccc1C(=O)O)N1CCCC1. The van der Waals surface area contributed by atoms with Gasteiger partial charge in [0.25, 0.3) is 0 Å². The van der Waals surface area contributed by atoms with Gasteiger partial charge >= 0.3 is 5.97 Å². The summed E-state index contributed by atoms with van der Waals surface area (Å²) in [5.41, 5.74) is 7.15. The minimum atomic E-state index is -0.934. The third-order valence-electron chi connectivity index (χ3n) is 3.63. The molecule has 5 nitrogen and oxygen atoms in total. The maximum Gasteiger partial charge on any atom is 0.337 e. The van der Waals surface area contributed by atoms with Gasteiger partial charge in [0.05, 0.1) is 11.3 Å². The van der Waals surface area contributed by atoms with Gasteiger partial charge in [-0.2, -0.15) is 0 Å². The molecule has 19 heavy (non-hydrogen) atoms. The molecule has 0 spiro atoms. The number of hydrogen-bond donors (Lipinski definition) is 3. The average molecular weight is 263 g/mol. The Morgan fingerprint density at radius 3 is 2.79 bits per heavy atom. The molecule has 1 heterocycles. The number of nitrogens with zero attached hydrogens (tertiary/aromatic N) is 1. The van der Waals surface area contributed by atoms with E-state index >= 15 is 0 Å². The molecule has 0 bridgehead atoms. The number of nitrogen functional groups attached to an aromatic ring is 1. The largest absolute Gasteiger partial charge is 0.478 e. The van der Waals surface area contributed by atoms with E-state index in [-0.39, 0.29) is 5.56 Å². The van der Waals surface area contributed by atoms with Gasteiger partial charge in [0.15, 0.2) is 0 Å². The molecule has 2 rings (SSSR count). The van der Waals surface area contributed by atoms with Crippen molar-refractivity contribution in [2.24, 2.45) is 0 Å². The monoisotopic (exact) mass is 263 g/mol. The van der Waals surface area contributed by atoms with Gasteiger partial charge in [0.1, 0.15) is 0 Å². The lowest BCUT2D eigenvalue weighted by atomic mass is 10.1. The fourth-order valence-electron chi connectivity index (χ4n) is 2.46. The van der Waals surface area contributed by atoms with Crippen LogP contribution in [0.15, 0.2) is 18.2 Å². The zero-order valence-corrected chi connectivity index (χ0v) is 11.2. The minimum Gasteiger partial charge on any atom is -0.478 e. The fraction of sp³-hybridized carbons (Fsp3) is 0.500. The van der Waals surface area contributed by atoms with Crippen LogP contribution in [0.5, 0.6) is 0 Å². The standard InChI is InChI=1S/C14H21N3O2/c1-10(17-6-2-3-7-17)9-16-13-8-11(15)4-5-12(13)14(18)19/h4-5,8,10,16H,2-3,6-7,9,15H2,1H3,(H,18,19). The van der Waals surface area contributed by atoms with Crippen molar-refractivity contribution in [3.8, 4) is 0 Å². The number of benzene rings is 1. The number of nitrogens with two attached hydrogens (primary N) is 1. The Kier molecular flexibility index (Phi) is 4.27. The van der Waals surface area contributed by atoms with Crippen molar-refractivity contribution >= 4 is 17.3 Å². The number of anilines is 2. The van der Waals surface area contributed by atoms with Crippen molar-refractivity contribution in [2.75, 3.05) is 30.7 Å². The summed E-state index contributed by atoms with van der Waals surface area (Å²) in [7, 11) is 0. The molecule has 0 radical (unpaired) electrons. The summed E-state index contributed by atoms with van der Waals surface area (Å²) in [6.45, 7) is 5.14. The number of rotatable bonds is 5. The highest BCUT2D eigenvalue weighted by molar-refractivity contribution is 5.95. The van der Waals surface area contributed by atoms with Gasteiger partial charge in [-0.3, -0.25) is 4.90 Å². The van der Waals surface area contributed by atoms with Gasteiger partial charge in [-0.25, -0.2) is 4.79 Å². The van der Waals surface area contributed by atoms with Crippen molar-refractivity contribution in [1.82, 2.24) is 4.90 Å². The van der Waals surface area contributed by atoms with Crippen LogP contribution < -0.4 is 11.1 Å². The van der Waals surface area contributed by atoms with Crippen LogP contribution >= 0.6 is 0 Å². The number of carboxylic acids is 1. The Balaban J connectivity index is 2.01. The number of carboxylic acid groups (broad SMARTS) is 1. The lowest BCUT2D eigenvalue weighted by Gasteiger charge is -2.24. The zero-order chi connectivity index (χ0) is 13.8. The first kappa shape index (κ1) is 13.7. The van der Waals surface area contributed by atoms with E-state index in [1.807, 2.05) is 0 Å². The molecule has 1 aromatic rings. The van der Waals surface area contributed by atoms with E-state index < -0.39 is 5.97 Å². The van der Waals surface area contributed by atoms with E-state index in [4.69, 9.17) is 10.8 Å². The highest BCUT2D eigenvalue weighted by Gasteiger charge is 2.18. The first-order chi connectivity index (χ1) is 9.08. The molecule has 1 unspecified atom stereocenters. The first-order valence-corrected chi connectivity index (χ1v) is 6.68. The van der Waals surface area contributed by atoms with Crippen LogP contribution in [0.4, 0.5) is 11.4 Å². The Labute approximate surface area is 113 Å². The van der Waals surface area contributed by atoms with Crippen molar-refractivity contribution in [1.29, 1.82) is 0 Å². The minimum absolute atomic E-state index is 0.267. The van der Waals surface area contributed by atoms with Crippen LogP contribution in [0, 0.1) is 0 Å². The van der Waals surface area contributed by atoms with E-state index in [0.29, 0.717) is 17.4 Å². The highest BCUT2D eigenvalue weighted by Crippen LogP contribution is 2.20. The summed E-state index contributed by atoms with van der Waals surface area (Å²) < 4.78 is 0. The molecule has 1 fully saturated rings. The lowest BCUT2D eigenvalue weighted by molar-refractivity contribution is 0.0698. The molecule has 0 aromatic heterocycles. The van der Waals surface area contributed by atoms with Crippen molar-refractivity contribution in [2.45, 2.75) is 25.8 Å². The second kappa shape index (κ2) is 5.93. The lowest BCUT2D eigenvalue weighted by Crippen LogP contribution is -2.35. The summed E-state index contributed by atoms with van der Waals surface area (Å²) in [6, 6.07) is 5.23. The second-order valence-electron chi connectivity index (χ2n) is 5.08. The molecule has 1 aliphatic heterocycles. The Hall–Kier alpha value is -1.75. The maximum atomic E-state index is 11.1. The topological polar surface area (TPSA) is 78.6 Å². The van der Waals surface area contributed by atoms with Gasteiger partial charge in [-0.1, -0.05) is 0 Å². The molecule has 104 valence electrons. The number of nitrogens with one attached hydrogen (secondary N) is 1. The number of likely N-dealkylation sites (tertiary alicyclic amines) is 1. The molecule has 0 saturated carbocycles. The van der Waals surface area contributed by atoms with Gasteiger partial charge in [-0.05, 0) is 51.1 Å². The van der Waals surface area contributed by atoms with Crippen LogP contribution in [0.2, 0.25) is 0 Å².